The highest BCUT2D eigenvalue weighted by Gasteiger charge is 2.01. The van der Waals surface area contributed by atoms with Crippen LogP contribution in [0.3, 0.4) is 0 Å². The second-order valence-electron chi connectivity index (χ2n) is 4.59. The van der Waals surface area contributed by atoms with E-state index in [0.717, 1.165) is 11.5 Å². The highest BCUT2D eigenvalue weighted by atomic mass is 16.5. The van der Waals surface area contributed by atoms with Crippen LogP contribution in [-0.4, -0.2) is 15.7 Å². The summed E-state index contributed by atoms with van der Waals surface area (Å²) < 4.78 is 5.85. The Balaban J connectivity index is 2.25. The molecule has 0 heterocycles. The monoisotopic (exact) mass is 222 g/mol. The van der Waals surface area contributed by atoms with Crippen molar-refractivity contribution in [2.24, 2.45) is 0 Å². The van der Waals surface area contributed by atoms with Crippen LogP contribution in [0.2, 0.25) is 0 Å². The van der Waals surface area contributed by atoms with Gasteiger partial charge in [-0.15, -0.1) is 0 Å². The maximum absolute atomic E-state index is 5.85. The molecule has 0 aliphatic rings. The maximum atomic E-state index is 5.85. The molecule has 0 aliphatic carbocycles. The molecule has 0 unspecified atom stereocenters. The first-order valence-electron chi connectivity index (χ1n) is 5.88. The maximum Gasteiger partial charge on any atom is 0.139 e. The molecular weight excluding hydrogens is 206 g/mol. The molecule has 1 nitrogen and oxygen atoms in total. The van der Waals surface area contributed by atoms with Crippen molar-refractivity contribution in [2.75, 3.05) is 0 Å². The summed E-state index contributed by atoms with van der Waals surface area (Å²) in [5.74, 6) is 1.80. The van der Waals surface area contributed by atoms with Crippen molar-refractivity contribution >= 4 is 26.6 Å². The standard InChI is InChI=1S/C14H16B2O/c1-9-3-4-12(8-14(9)16)17-11-5-6-13(15)10(2)7-11/h3-8H,15-16H2,1-2H3. The highest BCUT2D eigenvalue weighted by molar-refractivity contribution is 6.33. The van der Waals surface area contributed by atoms with Crippen molar-refractivity contribution in [3.05, 3.63) is 47.5 Å². The molecule has 0 aliphatic heterocycles. The molecule has 0 radical (unpaired) electrons. The smallest absolute Gasteiger partial charge is 0.139 e. The van der Waals surface area contributed by atoms with Gasteiger partial charge in [-0.3, -0.25) is 0 Å². The van der Waals surface area contributed by atoms with Gasteiger partial charge in [-0.1, -0.05) is 34.2 Å². The molecule has 0 N–H and O–H groups in total. The Labute approximate surface area is 105 Å². The van der Waals surface area contributed by atoms with Gasteiger partial charge in [0.05, 0.1) is 0 Å². The molecule has 0 spiro atoms. The first-order valence-corrected chi connectivity index (χ1v) is 5.88. The van der Waals surface area contributed by atoms with Crippen LogP contribution < -0.4 is 15.7 Å². The Kier molecular flexibility index (Phi) is 3.28. The summed E-state index contributed by atoms with van der Waals surface area (Å²) >= 11 is 0. The summed E-state index contributed by atoms with van der Waals surface area (Å²) in [4.78, 5) is 0. The Bertz CT molecular complexity index is 500. The molecule has 0 saturated heterocycles. The molecule has 2 rings (SSSR count). The molecule has 0 fully saturated rings. The van der Waals surface area contributed by atoms with Crippen molar-refractivity contribution in [3.63, 3.8) is 0 Å². The predicted molar refractivity (Wildman–Crippen MR) is 78.8 cm³/mol. The van der Waals surface area contributed by atoms with Gasteiger partial charge in [-0.25, -0.2) is 0 Å². The quantitative estimate of drug-likeness (QED) is 0.676. The molecule has 17 heavy (non-hydrogen) atoms. The van der Waals surface area contributed by atoms with Crippen molar-refractivity contribution < 1.29 is 4.74 Å². The lowest BCUT2D eigenvalue weighted by atomic mass is 9.91. The van der Waals surface area contributed by atoms with Crippen LogP contribution >= 0.6 is 0 Å². The molecule has 3 heteroatoms. The zero-order valence-corrected chi connectivity index (χ0v) is 10.9. The van der Waals surface area contributed by atoms with E-state index >= 15 is 0 Å². The third-order valence-electron chi connectivity index (χ3n) is 3.19. The largest absolute Gasteiger partial charge is 0.457 e. The number of ether oxygens (including phenoxy) is 1. The molecule has 0 bridgehead atoms. The van der Waals surface area contributed by atoms with Crippen LogP contribution in [0.15, 0.2) is 36.4 Å². The molecule has 2 aromatic carbocycles. The van der Waals surface area contributed by atoms with Crippen LogP contribution in [0, 0.1) is 13.8 Å². The topological polar surface area (TPSA) is 9.23 Å². The van der Waals surface area contributed by atoms with Crippen molar-refractivity contribution in [3.8, 4) is 11.5 Å². The van der Waals surface area contributed by atoms with Gasteiger partial charge in [0.2, 0.25) is 0 Å². The van der Waals surface area contributed by atoms with E-state index < -0.39 is 0 Å². The second-order valence-corrected chi connectivity index (χ2v) is 4.59. The van der Waals surface area contributed by atoms with E-state index in [1.54, 1.807) is 0 Å². The lowest BCUT2D eigenvalue weighted by Gasteiger charge is -2.09. The van der Waals surface area contributed by atoms with Crippen LogP contribution in [0.4, 0.5) is 0 Å². The first-order chi connectivity index (χ1) is 8.06. The van der Waals surface area contributed by atoms with E-state index in [9.17, 15) is 0 Å². The lowest BCUT2D eigenvalue weighted by Crippen LogP contribution is -2.07. The summed E-state index contributed by atoms with van der Waals surface area (Å²) in [5, 5.41) is 0. The van der Waals surface area contributed by atoms with Crippen LogP contribution in [-0.2, 0) is 0 Å². The molecule has 0 saturated carbocycles. The number of hydrogen-bond acceptors (Lipinski definition) is 1. The van der Waals surface area contributed by atoms with Gasteiger partial charge in [0.1, 0.15) is 27.2 Å². The van der Waals surface area contributed by atoms with Gasteiger partial charge >= 0.3 is 0 Å². The third-order valence-corrected chi connectivity index (χ3v) is 3.19. The van der Waals surface area contributed by atoms with E-state index in [2.05, 4.69) is 53.8 Å². The summed E-state index contributed by atoms with van der Waals surface area (Å²) in [6, 6.07) is 12.3. The number of rotatable bonds is 2. The number of hydrogen-bond donors (Lipinski definition) is 0. The Hall–Kier alpha value is -1.63. The molecule has 0 aromatic heterocycles. The second kappa shape index (κ2) is 4.70. The summed E-state index contributed by atoms with van der Waals surface area (Å²) in [6.07, 6.45) is 0. The fourth-order valence-electron chi connectivity index (χ4n) is 1.69. The van der Waals surface area contributed by atoms with E-state index in [1.165, 1.54) is 22.1 Å². The average molecular weight is 222 g/mol. The Morgan fingerprint density at radius 2 is 1.41 bits per heavy atom. The minimum atomic E-state index is 0.899. The summed E-state index contributed by atoms with van der Waals surface area (Å²) in [6.45, 7) is 4.21. The zero-order chi connectivity index (χ0) is 12.4. The minimum Gasteiger partial charge on any atom is -0.457 e. The van der Waals surface area contributed by atoms with Crippen molar-refractivity contribution in [2.45, 2.75) is 13.8 Å². The highest BCUT2D eigenvalue weighted by Crippen LogP contribution is 2.20. The van der Waals surface area contributed by atoms with Gasteiger partial charge in [-0.2, -0.15) is 0 Å². The Morgan fingerprint density at radius 3 is 2.06 bits per heavy atom. The normalized spacial score (nSPS) is 10.2. The van der Waals surface area contributed by atoms with Gasteiger partial charge in [0.25, 0.3) is 0 Å². The van der Waals surface area contributed by atoms with Crippen LogP contribution in [0.1, 0.15) is 11.1 Å². The predicted octanol–water partition coefficient (Wildman–Crippen LogP) is 0.613. The van der Waals surface area contributed by atoms with Crippen LogP contribution in [0.25, 0.3) is 0 Å². The minimum absolute atomic E-state index is 0.899. The van der Waals surface area contributed by atoms with Crippen molar-refractivity contribution in [1.82, 2.24) is 0 Å². The van der Waals surface area contributed by atoms with Gasteiger partial charge in [0, 0.05) is 0 Å². The molecule has 84 valence electrons. The van der Waals surface area contributed by atoms with Gasteiger partial charge in [0.15, 0.2) is 0 Å². The van der Waals surface area contributed by atoms with E-state index in [4.69, 9.17) is 4.74 Å². The Morgan fingerprint density at radius 1 is 0.765 bits per heavy atom. The first kappa shape index (κ1) is 11.8. The summed E-state index contributed by atoms with van der Waals surface area (Å²) in [7, 11) is 4.21. The molecule has 0 atom stereocenters. The zero-order valence-electron chi connectivity index (χ0n) is 10.9. The lowest BCUT2D eigenvalue weighted by molar-refractivity contribution is 0.483. The SMILES string of the molecule is Bc1cc(Oc2ccc(B)c(C)c2)ccc1C. The van der Waals surface area contributed by atoms with Crippen LogP contribution in [0.5, 0.6) is 11.5 Å². The molecule has 0 amide bonds. The van der Waals surface area contributed by atoms with E-state index in [-0.39, 0.29) is 0 Å². The number of benzene rings is 2. The van der Waals surface area contributed by atoms with E-state index in [1.807, 2.05) is 12.1 Å². The third kappa shape index (κ3) is 2.73. The van der Waals surface area contributed by atoms with Gasteiger partial charge < -0.3 is 4.74 Å². The van der Waals surface area contributed by atoms with Crippen molar-refractivity contribution in [1.29, 1.82) is 0 Å². The summed E-state index contributed by atoms with van der Waals surface area (Å²) in [5.41, 5.74) is 5.09. The average Bonchev–Trinajstić information content (AvgIpc) is 2.29. The molecular formula is C14H16B2O. The fourth-order valence-corrected chi connectivity index (χ4v) is 1.69. The fraction of sp³-hybridized carbons (Fsp3) is 0.143. The molecule has 2 aromatic rings. The van der Waals surface area contributed by atoms with E-state index in [0.29, 0.717) is 0 Å². The number of aryl methyl sites for hydroxylation is 2. The van der Waals surface area contributed by atoms with Gasteiger partial charge in [-0.05, 0) is 38.1 Å².